The number of amides is 2. The van der Waals surface area contributed by atoms with Gasteiger partial charge in [0.1, 0.15) is 5.82 Å². The summed E-state index contributed by atoms with van der Waals surface area (Å²) in [5.41, 5.74) is 1.83. The summed E-state index contributed by atoms with van der Waals surface area (Å²) >= 11 is 0. The fraction of sp³-hybridized carbons (Fsp3) is 0.400. The van der Waals surface area contributed by atoms with Crippen LogP contribution in [0.5, 0.6) is 0 Å². The molecule has 7 nitrogen and oxygen atoms in total. The molecule has 150 valence electrons. The maximum Gasteiger partial charge on any atom is 0.315 e. The van der Waals surface area contributed by atoms with Crippen molar-refractivity contribution in [2.24, 2.45) is 0 Å². The Kier molecular flexibility index (Phi) is 6.18. The molecule has 1 atom stereocenters. The van der Waals surface area contributed by atoms with Gasteiger partial charge in [0.25, 0.3) is 0 Å². The molecule has 2 N–H and O–H groups in total. The molecule has 1 aliphatic heterocycles. The number of hydrogen-bond donors (Lipinski definition) is 2. The van der Waals surface area contributed by atoms with Crippen LogP contribution in [0.15, 0.2) is 47.5 Å². The lowest BCUT2D eigenvalue weighted by Gasteiger charge is -2.18. The van der Waals surface area contributed by atoms with Crippen LogP contribution in [0, 0.1) is 0 Å². The number of aromatic nitrogens is 1. The summed E-state index contributed by atoms with van der Waals surface area (Å²) in [5, 5.41) is 5.73. The Hall–Kier alpha value is -2.61. The molecule has 2 aromatic rings. The van der Waals surface area contributed by atoms with E-state index in [9.17, 15) is 13.2 Å². The van der Waals surface area contributed by atoms with Gasteiger partial charge in [0.2, 0.25) is 0 Å². The van der Waals surface area contributed by atoms with Crippen molar-refractivity contribution in [3.8, 4) is 0 Å². The second kappa shape index (κ2) is 8.60. The van der Waals surface area contributed by atoms with Crippen LogP contribution in [0.4, 0.5) is 10.6 Å². The summed E-state index contributed by atoms with van der Waals surface area (Å²) in [6, 6.07) is 9.92. The van der Waals surface area contributed by atoms with Crippen LogP contribution in [0.2, 0.25) is 0 Å². The van der Waals surface area contributed by atoms with Gasteiger partial charge >= 0.3 is 6.03 Å². The maximum absolute atomic E-state index is 12.2. The smallest absolute Gasteiger partial charge is 0.315 e. The Labute approximate surface area is 166 Å². The lowest BCUT2D eigenvalue weighted by Crippen LogP contribution is -2.36. The number of hydrogen-bond acceptors (Lipinski definition) is 5. The molecule has 1 unspecified atom stereocenters. The molecule has 2 amide bonds. The first kappa shape index (κ1) is 20.1. The van der Waals surface area contributed by atoms with Crippen molar-refractivity contribution in [2.45, 2.75) is 37.2 Å². The van der Waals surface area contributed by atoms with E-state index in [-0.39, 0.29) is 17.0 Å². The minimum Gasteiger partial charge on any atom is -0.357 e. The van der Waals surface area contributed by atoms with Crippen LogP contribution in [-0.4, -0.2) is 38.8 Å². The van der Waals surface area contributed by atoms with E-state index in [2.05, 4.69) is 20.5 Å². The molecule has 0 radical (unpaired) electrons. The number of pyridine rings is 1. The molecule has 1 aliphatic rings. The van der Waals surface area contributed by atoms with Gasteiger partial charge in [-0.2, -0.15) is 0 Å². The third kappa shape index (κ3) is 5.22. The highest BCUT2D eigenvalue weighted by Gasteiger charge is 2.14. The summed E-state index contributed by atoms with van der Waals surface area (Å²) in [4.78, 5) is 19.2. The molecule has 1 aromatic heterocycles. The minimum atomic E-state index is -3.23. The number of anilines is 1. The fourth-order valence-corrected chi connectivity index (χ4v) is 3.84. The van der Waals surface area contributed by atoms with Crippen molar-refractivity contribution in [2.75, 3.05) is 24.2 Å². The van der Waals surface area contributed by atoms with E-state index in [4.69, 9.17) is 0 Å². The number of benzene rings is 1. The van der Waals surface area contributed by atoms with E-state index in [1.807, 2.05) is 19.1 Å². The number of rotatable bonds is 6. The fourth-order valence-electron chi connectivity index (χ4n) is 3.21. The molecule has 2 heterocycles. The molecule has 8 heteroatoms. The summed E-state index contributed by atoms with van der Waals surface area (Å²) < 4.78 is 23.1. The third-order valence-corrected chi connectivity index (χ3v) is 5.98. The Balaban J connectivity index is 1.53. The second-order valence-corrected chi connectivity index (χ2v) is 9.12. The van der Waals surface area contributed by atoms with E-state index in [1.54, 1.807) is 30.5 Å². The van der Waals surface area contributed by atoms with E-state index in [1.165, 1.54) is 19.1 Å². The van der Waals surface area contributed by atoms with Gasteiger partial charge in [0.15, 0.2) is 9.84 Å². The number of carbonyl (C=O) groups excluding carboxylic acids is 1. The molecule has 0 spiro atoms. The highest BCUT2D eigenvalue weighted by Crippen LogP contribution is 2.19. The van der Waals surface area contributed by atoms with Crippen molar-refractivity contribution in [3.63, 3.8) is 0 Å². The molecule has 1 aromatic carbocycles. The van der Waals surface area contributed by atoms with Gasteiger partial charge in [0, 0.05) is 32.1 Å². The van der Waals surface area contributed by atoms with Crippen molar-refractivity contribution in [1.82, 2.24) is 15.6 Å². The number of nitrogens with zero attached hydrogens (tertiary/aromatic N) is 2. The monoisotopic (exact) mass is 402 g/mol. The number of sulfone groups is 1. The normalized spacial score (nSPS) is 15.3. The topological polar surface area (TPSA) is 91.4 Å². The highest BCUT2D eigenvalue weighted by atomic mass is 32.2. The molecular weight excluding hydrogens is 376 g/mol. The predicted molar refractivity (Wildman–Crippen MR) is 109 cm³/mol. The van der Waals surface area contributed by atoms with Gasteiger partial charge < -0.3 is 15.5 Å². The zero-order valence-electron chi connectivity index (χ0n) is 16.2. The Morgan fingerprint density at radius 3 is 2.50 bits per heavy atom. The molecule has 1 saturated heterocycles. The van der Waals surface area contributed by atoms with Crippen LogP contribution in [0.3, 0.4) is 0 Å². The number of nitrogens with one attached hydrogen (secondary N) is 2. The standard InChI is InChI=1S/C20H26N4O3S/c1-15(17-5-7-18(8-6-17)28(2,26)27)23-20(25)22-14-16-9-10-21-19(13-16)24-11-3-4-12-24/h5-10,13,15H,3-4,11-12,14H2,1-2H3,(H2,22,23,25). The predicted octanol–water partition coefficient (Wildman–Crippen LogP) is 2.65. The lowest BCUT2D eigenvalue weighted by atomic mass is 10.1. The molecule has 28 heavy (non-hydrogen) atoms. The summed E-state index contributed by atoms with van der Waals surface area (Å²) in [5.74, 6) is 0.955. The van der Waals surface area contributed by atoms with Crippen molar-refractivity contribution in [3.05, 3.63) is 53.7 Å². The van der Waals surface area contributed by atoms with Gasteiger partial charge in [-0.25, -0.2) is 18.2 Å². The van der Waals surface area contributed by atoms with Gasteiger partial charge in [-0.05, 0) is 55.2 Å². The minimum absolute atomic E-state index is 0.244. The first-order valence-corrected chi connectivity index (χ1v) is 11.3. The van der Waals surface area contributed by atoms with Crippen LogP contribution in [-0.2, 0) is 16.4 Å². The summed E-state index contributed by atoms with van der Waals surface area (Å²) in [6.07, 6.45) is 5.32. The average Bonchev–Trinajstić information content (AvgIpc) is 3.21. The van der Waals surface area contributed by atoms with E-state index < -0.39 is 9.84 Å². The van der Waals surface area contributed by atoms with Crippen molar-refractivity contribution < 1.29 is 13.2 Å². The molecule has 0 bridgehead atoms. The Bertz CT molecular complexity index is 923. The van der Waals surface area contributed by atoms with Crippen molar-refractivity contribution in [1.29, 1.82) is 0 Å². The number of carbonyl (C=O) groups is 1. The van der Waals surface area contributed by atoms with E-state index in [0.29, 0.717) is 6.54 Å². The van der Waals surface area contributed by atoms with Gasteiger partial charge in [0.05, 0.1) is 10.9 Å². The second-order valence-electron chi connectivity index (χ2n) is 7.11. The Morgan fingerprint density at radius 2 is 1.86 bits per heavy atom. The molecule has 0 aliphatic carbocycles. The van der Waals surface area contributed by atoms with E-state index >= 15 is 0 Å². The Morgan fingerprint density at radius 1 is 1.18 bits per heavy atom. The van der Waals surface area contributed by atoms with Gasteiger partial charge in [-0.3, -0.25) is 0 Å². The van der Waals surface area contributed by atoms with Crippen LogP contribution >= 0.6 is 0 Å². The lowest BCUT2D eigenvalue weighted by molar-refractivity contribution is 0.237. The van der Waals surface area contributed by atoms with Crippen LogP contribution < -0.4 is 15.5 Å². The molecule has 3 rings (SSSR count). The molecule has 1 fully saturated rings. The van der Waals surface area contributed by atoms with Crippen LogP contribution in [0.25, 0.3) is 0 Å². The first-order valence-electron chi connectivity index (χ1n) is 9.37. The quantitative estimate of drug-likeness (QED) is 0.775. The van der Waals surface area contributed by atoms with Gasteiger partial charge in [-0.1, -0.05) is 12.1 Å². The van der Waals surface area contributed by atoms with Gasteiger partial charge in [-0.15, -0.1) is 0 Å². The zero-order valence-corrected chi connectivity index (χ0v) is 17.0. The maximum atomic E-state index is 12.2. The molecular formula is C20H26N4O3S. The van der Waals surface area contributed by atoms with E-state index in [0.717, 1.165) is 30.0 Å². The molecule has 0 saturated carbocycles. The summed E-state index contributed by atoms with van der Waals surface area (Å²) in [6.45, 7) is 4.32. The first-order chi connectivity index (χ1) is 13.3. The third-order valence-electron chi connectivity index (χ3n) is 4.85. The zero-order chi connectivity index (χ0) is 20.1. The van der Waals surface area contributed by atoms with Crippen molar-refractivity contribution >= 4 is 21.7 Å². The number of urea groups is 1. The highest BCUT2D eigenvalue weighted by molar-refractivity contribution is 7.90. The largest absolute Gasteiger partial charge is 0.357 e. The SMILES string of the molecule is CC(NC(=O)NCc1ccnc(N2CCCC2)c1)c1ccc(S(C)(=O)=O)cc1. The average molecular weight is 403 g/mol. The van der Waals surface area contributed by atoms with Crippen LogP contribution in [0.1, 0.15) is 36.9 Å². The summed E-state index contributed by atoms with van der Waals surface area (Å²) in [7, 11) is -3.23.